The monoisotopic (exact) mass is 658 g/mol. The molecule has 2 aliphatic heterocycles. The number of hydrogen-bond acceptors (Lipinski definition) is 11. The highest BCUT2D eigenvalue weighted by Crippen LogP contribution is 2.60. The molecule has 3 heterocycles. The molecular formula is C34H44NO12-. The van der Waals surface area contributed by atoms with Gasteiger partial charge < -0.3 is 54.6 Å². The topological polar surface area (TPSA) is 207 Å². The highest BCUT2D eigenvalue weighted by Gasteiger charge is 2.75. The lowest BCUT2D eigenvalue weighted by atomic mass is 9.60. The van der Waals surface area contributed by atoms with Crippen LogP contribution in [0.25, 0.3) is 11.3 Å². The van der Waals surface area contributed by atoms with Gasteiger partial charge in [-0.2, -0.15) is 6.20 Å². The van der Waals surface area contributed by atoms with Gasteiger partial charge in [-0.3, -0.25) is 4.79 Å². The van der Waals surface area contributed by atoms with E-state index in [1.165, 1.54) is 13.2 Å². The van der Waals surface area contributed by atoms with E-state index in [0.29, 0.717) is 41.2 Å². The molecule has 258 valence electrons. The number of carbonyl (C=O) groups excluding carboxylic acids is 1. The summed E-state index contributed by atoms with van der Waals surface area (Å²) in [4.78, 5) is 29.5. The predicted octanol–water partition coefficient (Wildman–Crippen LogP) is -0.639. The predicted molar refractivity (Wildman–Crippen MR) is 163 cm³/mol. The van der Waals surface area contributed by atoms with E-state index in [0.717, 1.165) is 12.8 Å². The van der Waals surface area contributed by atoms with Crippen LogP contribution in [-0.2, 0) is 28.5 Å². The Morgan fingerprint density at radius 2 is 1.94 bits per heavy atom. The maximum absolute atomic E-state index is 13.0. The standard InChI is InChI=1S/C34H44NO12/c1-3-19-21(15-26(39)40)22(29(41)44-2)16-31(10-4-5-11-31)28(19)47-33(18-38)32(43)12-8-23-20-9-13-35-27(20)24(7-6-14-36)45-34(23,30(32)42)25(17-37)46-33/h3,9,13,16,19,21,25,28,30,36-38,42-43H,1,4-8,10-12,14-15,17-18H2,2H3,(H,39,40)/q-1. The summed E-state index contributed by atoms with van der Waals surface area (Å²) in [5.41, 5.74) is -4.11. The van der Waals surface area contributed by atoms with Crippen molar-refractivity contribution >= 4 is 23.3 Å². The Morgan fingerprint density at radius 3 is 2.55 bits per heavy atom. The molecule has 1 aromatic rings. The van der Waals surface area contributed by atoms with Crippen LogP contribution in [0.15, 0.2) is 36.6 Å². The molecule has 0 aromatic carbocycles. The third-order valence-corrected chi connectivity index (χ3v) is 11.2. The number of aliphatic carboxylic acids is 1. The molecule has 0 amide bonds. The molecule has 8 atom stereocenters. The fourth-order valence-corrected chi connectivity index (χ4v) is 9.07. The van der Waals surface area contributed by atoms with Crippen LogP contribution in [-0.4, -0.2) is 105 Å². The van der Waals surface area contributed by atoms with Gasteiger partial charge in [0.2, 0.25) is 5.79 Å². The van der Waals surface area contributed by atoms with E-state index in [-0.39, 0.29) is 31.4 Å². The summed E-state index contributed by atoms with van der Waals surface area (Å²) >= 11 is 0. The fraction of sp³-hybridized carbons (Fsp3) is 0.647. The molecule has 6 N–H and O–H groups in total. The molecular weight excluding hydrogens is 614 g/mol. The number of esters is 1. The first-order chi connectivity index (χ1) is 22.5. The Morgan fingerprint density at radius 1 is 1.19 bits per heavy atom. The summed E-state index contributed by atoms with van der Waals surface area (Å²) in [6.45, 7) is 2.24. The smallest absolute Gasteiger partial charge is 0.333 e. The number of aromatic nitrogens is 1. The first-order valence-electron chi connectivity index (χ1n) is 16.3. The number of hydrogen-bond donors (Lipinski definition) is 6. The number of aliphatic hydroxyl groups is 5. The summed E-state index contributed by atoms with van der Waals surface area (Å²) in [6, 6.07) is 1.78. The molecule has 1 saturated heterocycles. The molecule has 3 fully saturated rings. The molecule has 13 heteroatoms. The molecule has 47 heavy (non-hydrogen) atoms. The number of carboxylic acid groups (broad SMARTS) is 1. The van der Waals surface area contributed by atoms with Crippen molar-refractivity contribution in [3.8, 4) is 0 Å². The first-order valence-corrected chi connectivity index (χ1v) is 16.3. The van der Waals surface area contributed by atoms with Crippen LogP contribution < -0.4 is 15.6 Å². The second-order valence-corrected chi connectivity index (χ2v) is 13.4. The second-order valence-electron chi connectivity index (χ2n) is 13.4. The fourth-order valence-electron chi connectivity index (χ4n) is 9.07. The van der Waals surface area contributed by atoms with Gasteiger partial charge in [-0.15, -0.1) is 6.58 Å². The molecule has 6 rings (SSSR count). The van der Waals surface area contributed by atoms with Crippen molar-refractivity contribution in [2.75, 3.05) is 26.9 Å². The molecule has 5 aliphatic rings. The number of aliphatic hydroxyl groups excluding tert-OH is 4. The summed E-state index contributed by atoms with van der Waals surface area (Å²) in [7, 11) is 1.23. The van der Waals surface area contributed by atoms with Gasteiger partial charge in [-0.1, -0.05) is 36.4 Å². The third-order valence-electron chi connectivity index (χ3n) is 11.2. The quantitative estimate of drug-likeness (QED) is 0.129. The van der Waals surface area contributed by atoms with Gasteiger partial charge in [-0.05, 0) is 42.9 Å². The van der Waals surface area contributed by atoms with Crippen molar-refractivity contribution in [3.63, 3.8) is 0 Å². The van der Waals surface area contributed by atoms with Crippen LogP contribution in [0.3, 0.4) is 0 Å². The first kappa shape index (κ1) is 33.8. The van der Waals surface area contributed by atoms with Crippen LogP contribution in [0.2, 0.25) is 0 Å². The molecule has 0 radical (unpaired) electrons. The van der Waals surface area contributed by atoms with E-state index in [1.807, 2.05) is 0 Å². The van der Waals surface area contributed by atoms with Crippen LogP contribution in [0, 0.1) is 17.3 Å². The van der Waals surface area contributed by atoms with Gasteiger partial charge in [-0.25, -0.2) is 4.79 Å². The van der Waals surface area contributed by atoms with E-state index < -0.39 is 84.1 Å². The Balaban J connectivity index is 1.48. The molecule has 2 bridgehead atoms. The van der Waals surface area contributed by atoms with Crippen molar-refractivity contribution in [2.24, 2.45) is 17.3 Å². The highest BCUT2D eigenvalue weighted by molar-refractivity contribution is 5.90. The Labute approximate surface area is 271 Å². The van der Waals surface area contributed by atoms with Crippen molar-refractivity contribution in [1.29, 1.82) is 0 Å². The Bertz CT molecular complexity index is 1560. The van der Waals surface area contributed by atoms with Gasteiger partial charge in [0.25, 0.3) is 0 Å². The molecule has 1 aromatic heterocycles. The summed E-state index contributed by atoms with van der Waals surface area (Å²) in [6.07, 6.45) is 3.67. The number of nitrogens with zero attached hydrogens (tertiary/aromatic N) is 1. The van der Waals surface area contributed by atoms with Crippen LogP contribution >= 0.6 is 0 Å². The minimum absolute atomic E-state index is 0.121. The average Bonchev–Trinajstić information content (AvgIpc) is 3.75. The molecule has 3 aliphatic carbocycles. The van der Waals surface area contributed by atoms with E-state index in [1.54, 1.807) is 18.3 Å². The van der Waals surface area contributed by atoms with Gasteiger partial charge in [0.15, 0.2) is 11.2 Å². The molecule has 13 nitrogen and oxygen atoms in total. The van der Waals surface area contributed by atoms with Crippen molar-refractivity contribution in [3.05, 3.63) is 47.1 Å². The van der Waals surface area contributed by atoms with Gasteiger partial charge in [0.1, 0.15) is 18.8 Å². The highest BCUT2D eigenvalue weighted by atomic mass is 16.7. The maximum Gasteiger partial charge on any atom is 0.333 e. The van der Waals surface area contributed by atoms with Crippen molar-refractivity contribution < 1.29 is 59.2 Å². The SMILES string of the molecule is C=CC1C(CC(=O)O)C(C(=O)OC)=CC2(CCCC2)C1OC1(CO)OC(CO)C23OC(CCCO)=c4[n-]ccc4=C2CCC1(O)C3O. The van der Waals surface area contributed by atoms with Crippen LogP contribution in [0.1, 0.15) is 57.8 Å². The number of carboxylic acids is 1. The Kier molecular flexibility index (Phi) is 8.96. The van der Waals surface area contributed by atoms with Crippen molar-refractivity contribution in [1.82, 2.24) is 4.98 Å². The lowest BCUT2D eigenvalue weighted by Gasteiger charge is -2.65. The third kappa shape index (κ3) is 4.85. The van der Waals surface area contributed by atoms with Crippen LogP contribution in [0.4, 0.5) is 0 Å². The van der Waals surface area contributed by atoms with Crippen LogP contribution in [0.5, 0.6) is 0 Å². The normalized spacial score (nSPS) is 37.1. The van der Waals surface area contributed by atoms with Gasteiger partial charge in [0, 0.05) is 35.9 Å². The zero-order chi connectivity index (χ0) is 33.8. The number of rotatable bonds is 11. The number of methoxy groups -OCH3 is 1. The zero-order valence-electron chi connectivity index (χ0n) is 26.5. The lowest BCUT2D eigenvalue weighted by molar-refractivity contribution is -0.439. The summed E-state index contributed by atoms with van der Waals surface area (Å²) in [5.74, 6) is -5.46. The summed E-state index contributed by atoms with van der Waals surface area (Å²) in [5, 5.41) is 67.5. The second kappa shape index (κ2) is 12.4. The lowest BCUT2D eigenvalue weighted by Crippen LogP contribution is -2.83. The zero-order valence-corrected chi connectivity index (χ0v) is 26.5. The minimum Gasteiger partial charge on any atom is -0.661 e. The van der Waals surface area contributed by atoms with E-state index in [9.17, 15) is 40.2 Å². The molecule has 2 saturated carbocycles. The summed E-state index contributed by atoms with van der Waals surface area (Å²) < 4.78 is 24.9. The number of fused-ring (bicyclic) bond motifs is 2. The largest absolute Gasteiger partial charge is 0.661 e. The van der Waals surface area contributed by atoms with E-state index in [4.69, 9.17) is 18.9 Å². The average molecular weight is 659 g/mol. The number of carbonyl (C=O) groups is 2. The molecule has 2 spiro atoms. The Hall–Kier alpha value is -3.04. The van der Waals surface area contributed by atoms with Gasteiger partial charge >= 0.3 is 11.9 Å². The van der Waals surface area contributed by atoms with E-state index in [2.05, 4.69) is 11.6 Å². The van der Waals surface area contributed by atoms with E-state index >= 15 is 0 Å². The minimum atomic E-state index is -2.30. The maximum atomic E-state index is 13.0. The van der Waals surface area contributed by atoms with Crippen molar-refractivity contribution in [2.45, 2.75) is 93.1 Å². The molecule has 8 unspecified atom stereocenters. The number of ether oxygens (including phenoxy) is 4. The van der Waals surface area contributed by atoms with Gasteiger partial charge in [0.05, 0.1) is 32.0 Å².